The molecular formula is C15H14N2O2. The van der Waals surface area contributed by atoms with Crippen molar-refractivity contribution in [2.24, 2.45) is 0 Å². The molecule has 1 aromatic carbocycles. The zero-order valence-electron chi connectivity index (χ0n) is 11.1. The van der Waals surface area contributed by atoms with Crippen LogP contribution in [0.25, 0.3) is 21.8 Å². The van der Waals surface area contributed by atoms with Crippen LogP contribution in [0.2, 0.25) is 0 Å². The van der Waals surface area contributed by atoms with Crippen LogP contribution in [-0.4, -0.2) is 22.9 Å². The minimum Gasteiger partial charge on any atom is -0.496 e. The first-order chi connectivity index (χ1) is 9.13. The van der Waals surface area contributed by atoms with E-state index in [9.17, 15) is 4.79 Å². The van der Waals surface area contributed by atoms with Crippen LogP contribution in [0.5, 0.6) is 5.75 Å². The second-order valence-corrected chi connectivity index (χ2v) is 4.57. The van der Waals surface area contributed by atoms with E-state index < -0.39 is 0 Å². The third kappa shape index (κ3) is 1.60. The van der Waals surface area contributed by atoms with E-state index in [2.05, 4.69) is 9.97 Å². The van der Waals surface area contributed by atoms with Gasteiger partial charge in [-0.25, -0.2) is 0 Å². The molecule has 0 aliphatic carbocycles. The molecule has 0 aliphatic rings. The highest BCUT2D eigenvalue weighted by molar-refractivity contribution is 6.16. The number of benzene rings is 1. The molecular weight excluding hydrogens is 240 g/mol. The molecule has 2 heterocycles. The van der Waals surface area contributed by atoms with Crippen LogP contribution in [-0.2, 0) is 0 Å². The number of nitrogens with one attached hydrogen (secondary N) is 1. The van der Waals surface area contributed by atoms with Crippen molar-refractivity contribution in [1.82, 2.24) is 9.97 Å². The number of aromatic nitrogens is 2. The number of hydrogen-bond acceptors (Lipinski definition) is 3. The molecule has 1 N–H and O–H groups in total. The first-order valence-electron chi connectivity index (χ1n) is 6.08. The van der Waals surface area contributed by atoms with Gasteiger partial charge in [0.2, 0.25) is 0 Å². The molecule has 3 aromatic rings. The topological polar surface area (TPSA) is 55.0 Å². The minimum atomic E-state index is -0.0142. The monoisotopic (exact) mass is 254 g/mol. The van der Waals surface area contributed by atoms with Gasteiger partial charge < -0.3 is 9.72 Å². The maximum atomic E-state index is 11.9. The molecule has 3 rings (SSSR count). The number of rotatable bonds is 2. The van der Waals surface area contributed by atoms with E-state index in [1.165, 1.54) is 0 Å². The summed E-state index contributed by atoms with van der Waals surface area (Å²) in [5.74, 6) is 0.580. The Labute approximate surface area is 110 Å². The fourth-order valence-corrected chi connectivity index (χ4v) is 2.53. The largest absolute Gasteiger partial charge is 0.496 e. The van der Waals surface area contributed by atoms with Crippen LogP contribution in [0.15, 0.2) is 24.4 Å². The van der Waals surface area contributed by atoms with E-state index in [0.717, 1.165) is 27.5 Å². The summed E-state index contributed by atoms with van der Waals surface area (Å²) in [6.07, 6.45) is 1.78. The second kappa shape index (κ2) is 4.09. The van der Waals surface area contributed by atoms with Crippen molar-refractivity contribution >= 4 is 27.6 Å². The van der Waals surface area contributed by atoms with Crippen LogP contribution >= 0.6 is 0 Å². The molecule has 0 bridgehead atoms. The molecule has 0 saturated carbocycles. The van der Waals surface area contributed by atoms with E-state index in [1.807, 2.05) is 25.1 Å². The average Bonchev–Trinajstić information content (AvgIpc) is 2.77. The quantitative estimate of drug-likeness (QED) is 0.714. The lowest BCUT2D eigenvalue weighted by Crippen LogP contribution is -1.98. The van der Waals surface area contributed by atoms with Gasteiger partial charge in [-0.2, -0.15) is 0 Å². The van der Waals surface area contributed by atoms with Crippen molar-refractivity contribution in [3.05, 3.63) is 35.7 Å². The number of nitrogens with zero attached hydrogens (tertiary/aromatic N) is 1. The van der Waals surface area contributed by atoms with Crippen molar-refractivity contribution in [2.75, 3.05) is 7.11 Å². The highest BCUT2D eigenvalue weighted by atomic mass is 16.5. The maximum absolute atomic E-state index is 11.9. The SMILES string of the molecule is COc1ccc2c([nH]c3c(C)nccc32)c1C(C)=O. The van der Waals surface area contributed by atoms with Crippen LogP contribution in [0, 0.1) is 6.92 Å². The number of methoxy groups -OCH3 is 1. The van der Waals surface area contributed by atoms with Crippen LogP contribution in [0.1, 0.15) is 23.0 Å². The summed E-state index contributed by atoms with van der Waals surface area (Å²) < 4.78 is 5.28. The minimum absolute atomic E-state index is 0.0142. The molecule has 0 fully saturated rings. The third-order valence-electron chi connectivity index (χ3n) is 3.42. The Hall–Kier alpha value is -2.36. The highest BCUT2D eigenvalue weighted by Crippen LogP contribution is 2.33. The number of aryl methyl sites for hydroxylation is 1. The van der Waals surface area contributed by atoms with Gasteiger partial charge in [-0.3, -0.25) is 9.78 Å². The van der Waals surface area contributed by atoms with E-state index in [4.69, 9.17) is 4.74 Å². The van der Waals surface area contributed by atoms with Gasteiger partial charge >= 0.3 is 0 Å². The highest BCUT2D eigenvalue weighted by Gasteiger charge is 2.16. The van der Waals surface area contributed by atoms with E-state index in [0.29, 0.717) is 11.3 Å². The fraction of sp³-hybridized carbons (Fsp3) is 0.200. The number of ether oxygens (including phenoxy) is 1. The molecule has 2 aromatic heterocycles. The number of hydrogen-bond donors (Lipinski definition) is 1. The van der Waals surface area contributed by atoms with Gasteiger partial charge in [-0.1, -0.05) is 0 Å². The summed E-state index contributed by atoms with van der Waals surface area (Å²) in [4.78, 5) is 19.5. The molecule has 0 radical (unpaired) electrons. The van der Waals surface area contributed by atoms with Gasteiger partial charge in [0.1, 0.15) is 5.75 Å². The first kappa shape index (κ1) is 11.7. The molecule has 4 heteroatoms. The number of H-pyrrole nitrogens is 1. The predicted molar refractivity (Wildman–Crippen MR) is 74.9 cm³/mol. The van der Waals surface area contributed by atoms with Gasteiger partial charge in [0.05, 0.1) is 29.4 Å². The van der Waals surface area contributed by atoms with E-state index in [1.54, 1.807) is 20.2 Å². The Morgan fingerprint density at radius 1 is 1.21 bits per heavy atom. The Kier molecular flexibility index (Phi) is 2.52. The zero-order chi connectivity index (χ0) is 13.6. The molecule has 0 saturated heterocycles. The summed E-state index contributed by atoms with van der Waals surface area (Å²) in [5, 5.41) is 2.10. The van der Waals surface area contributed by atoms with Crippen molar-refractivity contribution in [1.29, 1.82) is 0 Å². The van der Waals surface area contributed by atoms with Crippen molar-refractivity contribution in [3.63, 3.8) is 0 Å². The van der Waals surface area contributed by atoms with Crippen molar-refractivity contribution in [3.8, 4) is 5.75 Å². The van der Waals surface area contributed by atoms with Gasteiger partial charge in [-0.05, 0) is 32.0 Å². The lowest BCUT2D eigenvalue weighted by atomic mass is 10.1. The summed E-state index contributed by atoms with van der Waals surface area (Å²) in [6.45, 7) is 3.50. The molecule has 0 spiro atoms. The third-order valence-corrected chi connectivity index (χ3v) is 3.42. The summed E-state index contributed by atoms with van der Waals surface area (Å²) in [7, 11) is 1.57. The van der Waals surface area contributed by atoms with Crippen LogP contribution in [0.4, 0.5) is 0 Å². The number of pyridine rings is 1. The van der Waals surface area contributed by atoms with Gasteiger partial charge in [-0.15, -0.1) is 0 Å². The molecule has 19 heavy (non-hydrogen) atoms. The lowest BCUT2D eigenvalue weighted by Gasteiger charge is -2.06. The van der Waals surface area contributed by atoms with Crippen LogP contribution < -0.4 is 4.74 Å². The first-order valence-corrected chi connectivity index (χ1v) is 6.08. The number of ketones is 1. The molecule has 4 nitrogen and oxygen atoms in total. The van der Waals surface area contributed by atoms with Gasteiger partial charge in [0.15, 0.2) is 5.78 Å². The smallest absolute Gasteiger partial charge is 0.165 e. The Morgan fingerprint density at radius 3 is 2.63 bits per heavy atom. The Balaban J connectivity index is 2.53. The zero-order valence-corrected chi connectivity index (χ0v) is 11.1. The number of carbonyl (C=O) groups is 1. The number of fused-ring (bicyclic) bond motifs is 3. The second-order valence-electron chi connectivity index (χ2n) is 4.57. The van der Waals surface area contributed by atoms with Gasteiger partial charge in [0.25, 0.3) is 0 Å². The number of aromatic amines is 1. The normalized spacial score (nSPS) is 11.1. The number of carbonyl (C=O) groups excluding carboxylic acids is 1. The van der Waals surface area contributed by atoms with Crippen LogP contribution in [0.3, 0.4) is 0 Å². The molecule has 0 atom stereocenters. The summed E-state index contributed by atoms with van der Waals surface area (Å²) in [6, 6.07) is 5.76. The molecule has 0 unspecified atom stereocenters. The van der Waals surface area contributed by atoms with E-state index in [-0.39, 0.29) is 5.78 Å². The Morgan fingerprint density at radius 2 is 1.95 bits per heavy atom. The summed E-state index contributed by atoms with van der Waals surface area (Å²) >= 11 is 0. The van der Waals surface area contributed by atoms with Gasteiger partial charge in [0, 0.05) is 17.0 Å². The van der Waals surface area contributed by atoms with Crippen molar-refractivity contribution in [2.45, 2.75) is 13.8 Å². The number of Topliss-reactive ketones (excluding diaryl/α,β-unsaturated/α-hetero) is 1. The molecule has 0 aliphatic heterocycles. The van der Waals surface area contributed by atoms with Crippen molar-refractivity contribution < 1.29 is 9.53 Å². The standard InChI is InChI=1S/C15H14N2O2/c1-8-14-11(6-7-16-8)10-4-5-12(19-3)13(9(2)18)15(10)17-14/h4-7,17H,1-3H3. The molecule has 96 valence electrons. The fourth-order valence-electron chi connectivity index (χ4n) is 2.53. The Bertz CT molecular complexity index is 803. The lowest BCUT2D eigenvalue weighted by molar-refractivity contribution is 0.101. The average molecular weight is 254 g/mol. The maximum Gasteiger partial charge on any atom is 0.165 e. The van der Waals surface area contributed by atoms with E-state index >= 15 is 0 Å². The summed E-state index contributed by atoms with van der Waals surface area (Å²) in [5.41, 5.74) is 3.30. The predicted octanol–water partition coefficient (Wildman–Crippen LogP) is 3.24. The molecule has 0 amide bonds.